The van der Waals surface area contributed by atoms with Gasteiger partial charge in [0.25, 0.3) is 5.91 Å². The van der Waals surface area contributed by atoms with Crippen LogP contribution in [0.25, 0.3) is 0 Å². The van der Waals surface area contributed by atoms with Crippen LogP contribution in [0, 0.1) is 11.6 Å². The van der Waals surface area contributed by atoms with Crippen LogP contribution in [0.2, 0.25) is 0 Å². The molecule has 9 heteroatoms. The average Bonchev–Trinajstić information content (AvgIpc) is 2.99. The molecule has 0 saturated carbocycles. The Bertz CT molecular complexity index is 1550. The van der Waals surface area contributed by atoms with Crippen LogP contribution >= 0.6 is 0 Å². The highest BCUT2D eigenvalue weighted by atomic mass is 19.1. The van der Waals surface area contributed by atoms with E-state index in [1.165, 1.54) is 12.0 Å². The monoisotopic (exact) mass is 559 g/mol. The van der Waals surface area contributed by atoms with Crippen molar-refractivity contribution in [3.63, 3.8) is 0 Å². The molecule has 0 radical (unpaired) electrons. The Hall–Kier alpha value is -4.92. The van der Waals surface area contributed by atoms with Gasteiger partial charge in [0.2, 0.25) is 6.10 Å². The third kappa shape index (κ3) is 5.99. The van der Waals surface area contributed by atoms with E-state index in [0.29, 0.717) is 34.3 Å². The van der Waals surface area contributed by atoms with Gasteiger partial charge < -0.3 is 24.2 Å². The summed E-state index contributed by atoms with van der Waals surface area (Å²) in [6.45, 7) is 0.177. The number of rotatable bonds is 9. The molecule has 0 aromatic heterocycles. The molecule has 0 saturated heterocycles. The van der Waals surface area contributed by atoms with Crippen molar-refractivity contribution >= 4 is 11.9 Å². The number of nitrogens with zero attached hydrogens (tertiary/aromatic N) is 1. The fourth-order valence-corrected chi connectivity index (χ4v) is 4.85. The van der Waals surface area contributed by atoms with E-state index >= 15 is 0 Å². The number of hydrogen-bond acceptors (Lipinski definition) is 5. The highest BCUT2D eigenvalue weighted by molar-refractivity contribution is 5.88. The number of carboxylic acid groups (broad SMARTS) is 1. The molecule has 7 nitrogen and oxygen atoms in total. The van der Waals surface area contributed by atoms with E-state index in [-0.39, 0.29) is 25.3 Å². The smallest absolute Gasteiger partial charge is 0.326 e. The van der Waals surface area contributed by atoms with E-state index in [9.17, 15) is 23.5 Å². The van der Waals surface area contributed by atoms with Gasteiger partial charge in [0.15, 0.2) is 23.1 Å². The Labute approximate surface area is 235 Å². The lowest BCUT2D eigenvalue weighted by Crippen LogP contribution is -2.51. The molecule has 41 heavy (non-hydrogen) atoms. The van der Waals surface area contributed by atoms with E-state index < -0.39 is 35.7 Å². The summed E-state index contributed by atoms with van der Waals surface area (Å²) in [5.74, 6) is -3.15. The number of carbonyl (C=O) groups is 2. The quantitative estimate of drug-likeness (QED) is 0.283. The normalized spacial score (nSPS) is 15.0. The van der Waals surface area contributed by atoms with Crippen LogP contribution in [-0.4, -0.2) is 35.0 Å². The largest absolute Gasteiger partial charge is 0.493 e. The molecule has 5 rings (SSSR count). The lowest BCUT2D eigenvalue weighted by atomic mass is 9.91. The van der Waals surface area contributed by atoms with Gasteiger partial charge in [-0.05, 0) is 29.3 Å². The van der Waals surface area contributed by atoms with Gasteiger partial charge in [0.1, 0.15) is 18.5 Å². The number of aliphatic carboxylic acids is 1. The summed E-state index contributed by atoms with van der Waals surface area (Å²) in [6, 6.07) is 22.8. The van der Waals surface area contributed by atoms with Gasteiger partial charge in [0.05, 0.1) is 7.11 Å². The van der Waals surface area contributed by atoms with E-state index in [2.05, 4.69) is 0 Å². The number of ether oxygens (including phenoxy) is 3. The minimum atomic E-state index is -1.38. The molecule has 1 heterocycles. The van der Waals surface area contributed by atoms with Crippen molar-refractivity contribution in [2.75, 3.05) is 7.11 Å². The molecular weight excluding hydrogens is 532 g/mol. The molecule has 2 atom stereocenters. The topological polar surface area (TPSA) is 85.3 Å². The van der Waals surface area contributed by atoms with Crippen molar-refractivity contribution in [3.05, 3.63) is 125 Å². The Morgan fingerprint density at radius 3 is 2.29 bits per heavy atom. The summed E-state index contributed by atoms with van der Waals surface area (Å²) >= 11 is 0. The zero-order valence-electron chi connectivity index (χ0n) is 22.1. The number of methoxy groups -OCH3 is 1. The molecule has 1 aliphatic heterocycles. The summed E-state index contributed by atoms with van der Waals surface area (Å²) < 4.78 is 45.5. The lowest BCUT2D eigenvalue weighted by molar-refractivity contribution is -0.155. The first kappa shape index (κ1) is 27.6. The van der Waals surface area contributed by atoms with Gasteiger partial charge in [0, 0.05) is 30.2 Å². The van der Waals surface area contributed by atoms with Crippen molar-refractivity contribution in [2.24, 2.45) is 0 Å². The molecule has 0 fully saturated rings. The van der Waals surface area contributed by atoms with E-state index in [1.807, 2.05) is 30.3 Å². The number of benzene rings is 4. The second-order valence-electron chi connectivity index (χ2n) is 9.52. The molecule has 0 aliphatic carbocycles. The maximum Gasteiger partial charge on any atom is 0.326 e. The van der Waals surface area contributed by atoms with E-state index in [1.54, 1.807) is 42.5 Å². The minimum Gasteiger partial charge on any atom is -0.493 e. The molecular formula is C32H27F2NO6. The van der Waals surface area contributed by atoms with Crippen molar-refractivity contribution < 1.29 is 37.7 Å². The van der Waals surface area contributed by atoms with Gasteiger partial charge >= 0.3 is 5.97 Å². The number of hydrogen-bond donors (Lipinski definition) is 1. The third-order valence-corrected chi connectivity index (χ3v) is 6.92. The first-order chi connectivity index (χ1) is 19.9. The lowest BCUT2D eigenvalue weighted by Gasteiger charge is -2.37. The van der Waals surface area contributed by atoms with Gasteiger partial charge in [-0.3, -0.25) is 4.79 Å². The van der Waals surface area contributed by atoms with E-state index in [0.717, 1.165) is 17.7 Å². The molecule has 4 aromatic rings. The molecule has 0 bridgehead atoms. The zero-order chi connectivity index (χ0) is 28.9. The van der Waals surface area contributed by atoms with Crippen molar-refractivity contribution in [3.8, 4) is 17.2 Å². The first-order valence-electron chi connectivity index (χ1n) is 12.9. The average molecular weight is 560 g/mol. The number of amides is 1. The molecule has 1 aliphatic rings. The summed E-state index contributed by atoms with van der Waals surface area (Å²) in [5.41, 5.74) is 2.61. The fraction of sp³-hybridized carbons (Fsp3) is 0.188. The van der Waals surface area contributed by atoms with Crippen LogP contribution < -0.4 is 14.2 Å². The number of fused-ring (bicyclic) bond motifs is 1. The minimum absolute atomic E-state index is 0.0514. The van der Waals surface area contributed by atoms with Crippen molar-refractivity contribution in [1.29, 1.82) is 0 Å². The zero-order valence-corrected chi connectivity index (χ0v) is 22.1. The summed E-state index contributed by atoms with van der Waals surface area (Å²) in [5, 5.41) is 10.2. The van der Waals surface area contributed by atoms with Gasteiger partial charge in [-0.1, -0.05) is 66.7 Å². The van der Waals surface area contributed by atoms with Gasteiger partial charge in [-0.2, -0.15) is 0 Å². The molecule has 0 spiro atoms. The van der Waals surface area contributed by atoms with Crippen LogP contribution in [0.1, 0.15) is 28.4 Å². The highest BCUT2D eigenvalue weighted by Gasteiger charge is 2.40. The Balaban J connectivity index is 1.50. The Morgan fingerprint density at radius 1 is 0.951 bits per heavy atom. The fourth-order valence-electron chi connectivity index (χ4n) is 4.85. The summed E-state index contributed by atoms with van der Waals surface area (Å²) in [4.78, 5) is 27.7. The number of carboxylic acids is 1. The van der Waals surface area contributed by atoms with Crippen LogP contribution in [0.15, 0.2) is 91.0 Å². The van der Waals surface area contributed by atoms with E-state index in [4.69, 9.17) is 14.2 Å². The van der Waals surface area contributed by atoms with Crippen LogP contribution in [0.4, 0.5) is 8.78 Å². The summed E-state index contributed by atoms with van der Waals surface area (Å²) in [6.07, 6.45) is -1.43. The molecule has 4 aromatic carbocycles. The highest BCUT2D eigenvalue weighted by Crippen LogP contribution is 2.40. The third-order valence-electron chi connectivity index (χ3n) is 6.92. The van der Waals surface area contributed by atoms with Gasteiger partial charge in [-0.15, -0.1) is 0 Å². The first-order valence-corrected chi connectivity index (χ1v) is 12.9. The van der Waals surface area contributed by atoms with Crippen molar-refractivity contribution in [1.82, 2.24) is 4.90 Å². The molecule has 210 valence electrons. The molecule has 1 N–H and O–H groups in total. The molecule has 0 unspecified atom stereocenters. The maximum atomic E-state index is 14.5. The summed E-state index contributed by atoms with van der Waals surface area (Å²) in [7, 11) is 1.50. The Morgan fingerprint density at radius 2 is 1.63 bits per heavy atom. The number of carbonyl (C=O) groups excluding carboxylic acids is 1. The SMILES string of the molecule is COc1ccc2c(c1OCc1ccccc1)C[C@H](C(=O)O)N(C(=O)[C@H](Oc1ccc(F)cc1F)c1ccccc1)C2. The predicted molar refractivity (Wildman–Crippen MR) is 146 cm³/mol. The maximum absolute atomic E-state index is 14.5. The number of halogens is 2. The predicted octanol–water partition coefficient (Wildman–Crippen LogP) is 5.71. The second-order valence-corrected chi connectivity index (χ2v) is 9.52. The standard InChI is InChI=1S/C32H27F2NO6/c1-39-28-14-12-22-18-35(26(32(37)38)17-24(22)30(28)40-19-20-8-4-2-5-9-20)31(36)29(21-10-6-3-7-11-21)41-27-15-13-23(33)16-25(27)34/h2-16,26,29H,17-19H2,1H3,(H,37,38)/t26-,29-/m1/s1. The van der Waals surface area contributed by atoms with Crippen molar-refractivity contribution in [2.45, 2.75) is 31.7 Å². The molecule has 1 amide bonds. The van der Waals surface area contributed by atoms with Crippen LogP contribution in [0.3, 0.4) is 0 Å². The van der Waals surface area contributed by atoms with Gasteiger partial charge in [-0.25, -0.2) is 13.6 Å². The second kappa shape index (κ2) is 12.1. The Kier molecular flexibility index (Phi) is 8.14. The van der Waals surface area contributed by atoms with Crippen LogP contribution in [0.5, 0.6) is 17.2 Å². The van der Waals surface area contributed by atoms with Crippen LogP contribution in [-0.2, 0) is 29.2 Å².